The second-order valence-electron chi connectivity index (χ2n) is 6.21. The first-order chi connectivity index (χ1) is 13.7. The molecule has 8 nitrogen and oxygen atoms in total. The van der Waals surface area contributed by atoms with Gasteiger partial charge in [0.05, 0.1) is 10.5 Å². The standard InChI is InChI=1S/C20H19ClN2O6/c1-3-4-18(24)22-15-8-5-13(6-9-15)19(25)12(2)29-20(26)14-7-10-16(21)17(11-14)23(27)28/h5-12H,3-4H2,1-2H3,(H,22,24)/t12-/m0/s1. The van der Waals surface area contributed by atoms with Crippen LogP contribution in [-0.2, 0) is 9.53 Å². The lowest BCUT2D eigenvalue weighted by Gasteiger charge is -2.13. The molecule has 2 rings (SSSR count). The molecule has 0 bridgehead atoms. The molecule has 0 aliphatic carbocycles. The number of anilines is 1. The largest absolute Gasteiger partial charge is 0.451 e. The van der Waals surface area contributed by atoms with Crippen LogP contribution in [0.4, 0.5) is 11.4 Å². The van der Waals surface area contributed by atoms with Crippen molar-refractivity contribution in [2.24, 2.45) is 0 Å². The molecule has 0 unspecified atom stereocenters. The van der Waals surface area contributed by atoms with Crippen LogP contribution in [0.25, 0.3) is 0 Å². The van der Waals surface area contributed by atoms with E-state index >= 15 is 0 Å². The second-order valence-corrected chi connectivity index (χ2v) is 6.62. The highest BCUT2D eigenvalue weighted by molar-refractivity contribution is 6.32. The van der Waals surface area contributed by atoms with E-state index in [1.165, 1.54) is 31.2 Å². The number of benzene rings is 2. The van der Waals surface area contributed by atoms with Gasteiger partial charge in [-0.25, -0.2) is 4.79 Å². The molecule has 1 amide bonds. The summed E-state index contributed by atoms with van der Waals surface area (Å²) in [4.78, 5) is 46.5. The number of esters is 1. The quantitative estimate of drug-likeness (QED) is 0.293. The van der Waals surface area contributed by atoms with Crippen molar-refractivity contribution in [2.75, 3.05) is 5.32 Å². The van der Waals surface area contributed by atoms with Crippen LogP contribution in [0, 0.1) is 10.1 Å². The van der Waals surface area contributed by atoms with E-state index in [9.17, 15) is 24.5 Å². The molecule has 152 valence electrons. The first-order valence-corrected chi connectivity index (χ1v) is 9.19. The molecule has 2 aromatic rings. The van der Waals surface area contributed by atoms with Crippen molar-refractivity contribution in [1.82, 2.24) is 0 Å². The molecule has 0 saturated heterocycles. The number of hydrogen-bond acceptors (Lipinski definition) is 6. The van der Waals surface area contributed by atoms with Crippen molar-refractivity contribution < 1.29 is 24.0 Å². The number of nitro benzene ring substituents is 1. The van der Waals surface area contributed by atoms with E-state index in [1.807, 2.05) is 6.92 Å². The zero-order valence-electron chi connectivity index (χ0n) is 15.8. The van der Waals surface area contributed by atoms with Gasteiger partial charge in [0.25, 0.3) is 5.69 Å². The minimum atomic E-state index is -1.11. The number of Topliss-reactive ketones (excluding diaryl/α,β-unsaturated/α-hetero) is 1. The Morgan fingerprint density at radius 1 is 1.14 bits per heavy atom. The summed E-state index contributed by atoms with van der Waals surface area (Å²) in [6.07, 6.45) is 0.0104. The van der Waals surface area contributed by atoms with Gasteiger partial charge in [-0.15, -0.1) is 0 Å². The van der Waals surface area contributed by atoms with Gasteiger partial charge >= 0.3 is 5.97 Å². The Balaban J connectivity index is 2.05. The number of halogens is 1. The number of amides is 1. The normalized spacial score (nSPS) is 11.4. The Bertz CT molecular complexity index is 942. The van der Waals surface area contributed by atoms with Gasteiger partial charge < -0.3 is 10.1 Å². The lowest BCUT2D eigenvalue weighted by molar-refractivity contribution is -0.384. The average molecular weight is 419 g/mol. The van der Waals surface area contributed by atoms with E-state index in [2.05, 4.69) is 5.32 Å². The highest BCUT2D eigenvalue weighted by atomic mass is 35.5. The number of rotatable bonds is 8. The molecule has 0 aliphatic heterocycles. The van der Waals surface area contributed by atoms with Crippen LogP contribution in [0.5, 0.6) is 0 Å². The van der Waals surface area contributed by atoms with Crippen molar-refractivity contribution in [3.63, 3.8) is 0 Å². The number of carbonyl (C=O) groups excluding carboxylic acids is 3. The number of nitrogens with one attached hydrogen (secondary N) is 1. The number of ether oxygens (including phenoxy) is 1. The Morgan fingerprint density at radius 3 is 2.34 bits per heavy atom. The van der Waals surface area contributed by atoms with Crippen molar-refractivity contribution in [2.45, 2.75) is 32.8 Å². The van der Waals surface area contributed by atoms with Crippen LogP contribution >= 0.6 is 11.6 Å². The number of nitrogens with zero attached hydrogens (tertiary/aromatic N) is 1. The maximum atomic E-state index is 12.5. The van der Waals surface area contributed by atoms with E-state index < -0.39 is 28.5 Å². The van der Waals surface area contributed by atoms with Crippen LogP contribution in [-0.4, -0.2) is 28.7 Å². The van der Waals surface area contributed by atoms with Gasteiger partial charge in [0.1, 0.15) is 5.02 Å². The van der Waals surface area contributed by atoms with Crippen LogP contribution in [0.15, 0.2) is 42.5 Å². The van der Waals surface area contributed by atoms with E-state index in [-0.39, 0.29) is 16.5 Å². The van der Waals surface area contributed by atoms with Crippen molar-refractivity contribution in [1.29, 1.82) is 0 Å². The fourth-order valence-electron chi connectivity index (χ4n) is 2.46. The Hall–Kier alpha value is -3.26. The summed E-state index contributed by atoms with van der Waals surface area (Å²) in [6, 6.07) is 9.69. The zero-order chi connectivity index (χ0) is 21.6. The number of carbonyl (C=O) groups is 3. The Kier molecular flexibility index (Phi) is 7.44. The maximum absolute atomic E-state index is 12.5. The summed E-state index contributed by atoms with van der Waals surface area (Å²) < 4.78 is 5.13. The van der Waals surface area contributed by atoms with Crippen LogP contribution in [0.2, 0.25) is 5.02 Å². The van der Waals surface area contributed by atoms with Crippen LogP contribution in [0.3, 0.4) is 0 Å². The van der Waals surface area contributed by atoms with Gasteiger partial charge in [0.2, 0.25) is 11.7 Å². The Morgan fingerprint density at radius 2 is 1.76 bits per heavy atom. The van der Waals surface area contributed by atoms with E-state index in [0.717, 1.165) is 12.5 Å². The number of nitro groups is 1. The number of ketones is 1. The van der Waals surface area contributed by atoms with E-state index in [1.54, 1.807) is 12.1 Å². The minimum Gasteiger partial charge on any atom is -0.451 e. The summed E-state index contributed by atoms with van der Waals surface area (Å²) in [7, 11) is 0. The van der Waals surface area contributed by atoms with Gasteiger partial charge in [-0.3, -0.25) is 19.7 Å². The van der Waals surface area contributed by atoms with Crippen LogP contribution in [0.1, 0.15) is 47.4 Å². The molecule has 1 N–H and O–H groups in total. The molecule has 0 aromatic heterocycles. The molecule has 0 aliphatic rings. The van der Waals surface area contributed by atoms with Gasteiger partial charge in [0, 0.05) is 23.7 Å². The third-order valence-corrected chi connectivity index (χ3v) is 4.28. The summed E-state index contributed by atoms with van der Waals surface area (Å²) in [5.74, 6) is -1.45. The lowest BCUT2D eigenvalue weighted by Crippen LogP contribution is -2.24. The van der Waals surface area contributed by atoms with Crippen molar-refractivity contribution >= 4 is 40.6 Å². The average Bonchev–Trinajstić information content (AvgIpc) is 2.68. The first-order valence-electron chi connectivity index (χ1n) is 8.82. The topological polar surface area (TPSA) is 116 Å². The number of hydrogen-bond donors (Lipinski definition) is 1. The minimum absolute atomic E-state index is 0.0882. The van der Waals surface area contributed by atoms with E-state index in [4.69, 9.17) is 16.3 Å². The highest BCUT2D eigenvalue weighted by Gasteiger charge is 2.23. The SMILES string of the molecule is CCCC(=O)Nc1ccc(C(=O)[C@H](C)OC(=O)c2ccc(Cl)c([N+](=O)[O-])c2)cc1. The third-order valence-electron chi connectivity index (χ3n) is 3.96. The molecule has 0 saturated carbocycles. The van der Waals surface area contributed by atoms with E-state index in [0.29, 0.717) is 17.7 Å². The molecule has 1 atom stereocenters. The monoisotopic (exact) mass is 418 g/mol. The molecule has 2 aromatic carbocycles. The lowest BCUT2D eigenvalue weighted by atomic mass is 10.1. The fourth-order valence-corrected chi connectivity index (χ4v) is 2.65. The van der Waals surface area contributed by atoms with Crippen molar-refractivity contribution in [3.8, 4) is 0 Å². The molecular formula is C20H19ClN2O6. The summed E-state index contributed by atoms with van der Waals surface area (Å²) in [5, 5.41) is 13.5. The fraction of sp³-hybridized carbons (Fsp3) is 0.250. The third kappa shape index (κ3) is 5.86. The summed E-state index contributed by atoms with van der Waals surface area (Å²) in [6.45, 7) is 3.30. The Labute approximate surface area is 172 Å². The van der Waals surface area contributed by atoms with Gasteiger partial charge in [-0.05, 0) is 49.7 Å². The first kappa shape index (κ1) is 22.0. The molecule has 0 heterocycles. The van der Waals surface area contributed by atoms with Gasteiger partial charge in [-0.2, -0.15) is 0 Å². The van der Waals surface area contributed by atoms with Crippen LogP contribution < -0.4 is 5.32 Å². The molecule has 0 fully saturated rings. The maximum Gasteiger partial charge on any atom is 0.339 e. The molecule has 0 spiro atoms. The summed E-state index contributed by atoms with van der Waals surface area (Å²) >= 11 is 5.72. The predicted octanol–water partition coefficient (Wildman–Crippen LogP) is 4.42. The van der Waals surface area contributed by atoms with Crippen molar-refractivity contribution in [3.05, 3.63) is 68.7 Å². The van der Waals surface area contributed by atoms with Gasteiger partial charge in [-0.1, -0.05) is 18.5 Å². The highest BCUT2D eigenvalue weighted by Crippen LogP contribution is 2.25. The van der Waals surface area contributed by atoms with Gasteiger partial charge in [0.15, 0.2) is 6.10 Å². The smallest absolute Gasteiger partial charge is 0.339 e. The summed E-state index contributed by atoms with van der Waals surface area (Å²) in [5.41, 5.74) is 0.328. The zero-order valence-corrected chi connectivity index (χ0v) is 16.6. The second kappa shape index (κ2) is 9.79. The molecule has 29 heavy (non-hydrogen) atoms. The predicted molar refractivity (Wildman–Crippen MR) is 107 cm³/mol. The molecular weight excluding hydrogens is 400 g/mol. The molecule has 9 heteroatoms. The molecule has 0 radical (unpaired) electrons.